The van der Waals surface area contributed by atoms with Gasteiger partial charge in [-0.3, -0.25) is 4.90 Å². The lowest BCUT2D eigenvalue weighted by atomic mass is 10.0. The number of nitrogens with zero attached hydrogens (tertiary/aromatic N) is 4. The number of nitrogens with two attached hydrogens (primary N) is 1. The lowest BCUT2D eigenvalue weighted by Crippen LogP contribution is -2.36. The van der Waals surface area contributed by atoms with E-state index >= 15 is 0 Å². The molecule has 2 saturated heterocycles. The zero-order valence-electron chi connectivity index (χ0n) is 14.0. The van der Waals surface area contributed by atoms with Gasteiger partial charge in [-0.15, -0.1) is 0 Å². The van der Waals surface area contributed by atoms with E-state index in [-0.39, 0.29) is 0 Å². The third kappa shape index (κ3) is 3.22. The Kier molecular flexibility index (Phi) is 4.34. The van der Waals surface area contributed by atoms with Crippen molar-refractivity contribution in [3.63, 3.8) is 0 Å². The Morgan fingerprint density at radius 2 is 2.00 bits per heavy atom. The monoisotopic (exact) mass is 323 g/mol. The van der Waals surface area contributed by atoms with E-state index < -0.39 is 0 Å². The van der Waals surface area contributed by atoms with Gasteiger partial charge >= 0.3 is 0 Å². The Hall–Kier alpha value is -2.14. The van der Waals surface area contributed by atoms with Gasteiger partial charge in [-0.2, -0.15) is 4.98 Å². The predicted octanol–water partition coefficient (Wildman–Crippen LogP) is 2.20. The number of likely N-dealkylation sites (tertiary alicyclic amines) is 1. The van der Waals surface area contributed by atoms with Gasteiger partial charge < -0.3 is 10.6 Å². The highest BCUT2D eigenvalue weighted by Crippen LogP contribution is 2.33. The highest BCUT2D eigenvalue weighted by Gasteiger charge is 2.41. The van der Waals surface area contributed by atoms with Gasteiger partial charge in [0, 0.05) is 25.3 Å². The topological polar surface area (TPSA) is 58.3 Å². The minimum Gasteiger partial charge on any atom is -0.384 e. The molecule has 2 aliphatic heterocycles. The van der Waals surface area contributed by atoms with Crippen LogP contribution in [0, 0.1) is 5.92 Å². The fraction of sp³-hybridized carbons (Fsp3) is 0.474. The highest BCUT2D eigenvalue weighted by atomic mass is 15.3. The number of hydrogen-bond acceptors (Lipinski definition) is 5. The zero-order chi connectivity index (χ0) is 16.4. The first kappa shape index (κ1) is 15.4. The molecule has 0 aliphatic carbocycles. The number of rotatable bonds is 5. The molecule has 2 N–H and O–H groups in total. The van der Waals surface area contributed by atoms with Gasteiger partial charge in [0.1, 0.15) is 5.82 Å². The molecule has 0 radical (unpaired) electrons. The first-order valence-electron chi connectivity index (χ1n) is 8.91. The zero-order valence-corrected chi connectivity index (χ0v) is 14.0. The number of benzene rings is 1. The number of nitrogen functional groups attached to an aromatic ring is 1. The van der Waals surface area contributed by atoms with Crippen LogP contribution in [0.5, 0.6) is 0 Å². The van der Waals surface area contributed by atoms with Crippen molar-refractivity contribution < 1.29 is 0 Å². The normalized spacial score (nSPS) is 23.6. The van der Waals surface area contributed by atoms with Crippen LogP contribution in [0.3, 0.4) is 0 Å². The lowest BCUT2D eigenvalue weighted by Gasteiger charge is -2.24. The summed E-state index contributed by atoms with van der Waals surface area (Å²) in [5.74, 6) is 2.08. The van der Waals surface area contributed by atoms with Gasteiger partial charge in [-0.05, 0) is 49.9 Å². The quantitative estimate of drug-likeness (QED) is 0.914. The average molecular weight is 323 g/mol. The summed E-state index contributed by atoms with van der Waals surface area (Å²) in [6, 6.07) is 13.2. The van der Waals surface area contributed by atoms with E-state index in [1.165, 1.54) is 31.5 Å². The Balaban J connectivity index is 1.33. The number of fused-ring (bicyclic) bond motifs is 1. The number of anilines is 2. The van der Waals surface area contributed by atoms with Crippen LogP contribution < -0.4 is 10.6 Å². The Morgan fingerprint density at radius 1 is 1.12 bits per heavy atom. The fourth-order valence-corrected chi connectivity index (χ4v) is 4.14. The molecular formula is C19H25N5. The summed E-state index contributed by atoms with van der Waals surface area (Å²) >= 11 is 0. The molecule has 5 nitrogen and oxygen atoms in total. The molecule has 0 spiro atoms. The van der Waals surface area contributed by atoms with Crippen LogP contribution >= 0.6 is 0 Å². The van der Waals surface area contributed by atoms with Crippen molar-refractivity contribution in [2.75, 3.05) is 36.8 Å². The van der Waals surface area contributed by atoms with E-state index in [4.69, 9.17) is 5.73 Å². The van der Waals surface area contributed by atoms with Crippen LogP contribution in [0.2, 0.25) is 0 Å². The van der Waals surface area contributed by atoms with Gasteiger partial charge in [0.2, 0.25) is 5.95 Å². The molecule has 2 aliphatic rings. The van der Waals surface area contributed by atoms with E-state index in [0.717, 1.165) is 31.4 Å². The first-order valence-corrected chi connectivity index (χ1v) is 8.91. The fourth-order valence-electron chi connectivity index (χ4n) is 4.14. The molecule has 2 atom stereocenters. The summed E-state index contributed by atoms with van der Waals surface area (Å²) in [4.78, 5) is 13.7. The van der Waals surface area contributed by atoms with E-state index in [1.54, 1.807) is 12.3 Å². The average Bonchev–Trinajstić information content (AvgIpc) is 3.18. The third-order valence-corrected chi connectivity index (χ3v) is 5.36. The van der Waals surface area contributed by atoms with E-state index in [1.807, 2.05) is 0 Å². The minimum absolute atomic E-state index is 0.553. The summed E-state index contributed by atoms with van der Waals surface area (Å²) < 4.78 is 0. The van der Waals surface area contributed by atoms with Crippen LogP contribution in [-0.2, 0) is 6.42 Å². The number of hydrogen-bond donors (Lipinski definition) is 1. The van der Waals surface area contributed by atoms with Crippen molar-refractivity contribution >= 4 is 11.8 Å². The second-order valence-electron chi connectivity index (χ2n) is 6.93. The van der Waals surface area contributed by atoms with Gasteiger partial charge in [0.25, 0.3) is 0 Å². The highest BCUT2D eigenvalue weighted by molar-refractivity contribution is 5.39. The van der Waals surface area contributed by atoms with Gasteiger partial charge in [-0.1, -0.05) is 30.3 Å². The molecule has 3 heterocycles. The summed E-state index contributed by atoms with van der Waals surface area (Å²) in [6.07, 6.45) is 5.43. The third-order valence-electron chi connectivity index (χ3n) is 5.36. The maximum absolute atomic E-state index is 5.80. The van der Waals surface area contributed by atoms with Gasteiger partial charge in [0.05, 0.1) is 0 Å². The van der Waals surface area contributed by atoms with Crippen LogP contribution in [0.1, 0.15) is 18.4 Å². The van der Waals surface area contributed by atoms with Crippen LogP contribution in [-0.4, -0.2) is 47.1 Å². The molecule has 126 valence electrons. The Morgan fingerprint density at radius 3 is 2.83 bits per heavy atom. The number of aryl methyl sites for hydroxylation is 1. The largest absolute Gasteiger partial charge is 0.384 e. The molecular weight excluding hydrogens is 298 g/mol. The summed E-state index contributed by atoms with van der Waals surface area (Å²) in [7, 11) is 0. The van der Waals surface area contributed by atoms with Crippen molar-refractivity contribution in [3.8, 4) is 0 Å². The van der Waals surface area contributed by atoms with Crippen molar-refractivity contribution in [2.24, 2.45) is 5.92 Å². The summed E-state index contributed by atoms with van der Waals surface area (Å²) in [5, 5.41) is 0. The molecule has 0 bridgehead atoms. The molecule has 0 amide bonds. The molecule has 0 saturated carbocycles. The molecule has 5 heteroatoms. The maximum Gasteiger partial charge on any atom is 0.227 e. The minimum atomic E-state index is 0.553. The second-order valence-corrected chi connectivity index (χ2v) is 6.93. The summed E-state index contributed by atoms with van der Waals surface area (Å²) in [5.41, 5.74) is 7.24. The first-order chi connectivity index (χ1) is 11.8. The van der Waals surface area contributed by atoms with Crippen molar-refractivity contribution in [1.82, 2.24) is 14.9 Å². The van der Waals surface area contributed by atoms with Gasteiger partial charge in [0.15, 0.2) is 0 Å². The van der Waals surface area contributed by atoms with Crippen molar-refractivity contribution in [1.29, 1.82) is 0 Å². The predicted molar refractivity (Wildman–Crippen MR) is 96.9 cm³/mol. The Labute approximate surface area is 143 Å². The number of aromatic nitrogens is 2. The standard InChI is InChI=1S/C19H25N5/c20-18-8-10-21-19(22-18)24-13-16-9-12-23(17(16)14-24)11-4-7-15-5-2-1-3-6-15/h1-3,5-6,8,10,16-17H,4,7,9,11-14H2,(H2,20,21,22)/t16-,17+/m0/s1. The Bertz CT molecular complexity index is 674. The van der Waals surface area contributed by atoms with E-state index in [2.05, 4.69) is 50.1 Å². The molecule has 1 aromatic carbocycles. The van der Waals surface area contributed by atoms with Crippen molar-refractivity contribution in [2.45, 2.75) is 25.3 Å². The molecule has 24 heavy (non-hydrogen) atoms. The van der Waals surface area contributed by atoms with Crippen LogP contribution in [0.25, 0.3) is 0 Å². The molecule has 1 aromatic heterocycles. The molecule has 4 rings (SSSR count). The van der Waals surface area contributed by atoms with Crippen LogP contribution in [0.4, 0.5) is 11.8 Å². The van der Waals surface area contributed by atoms with Crippen molar-refractivity contribution in [3.05, 3.63) is 48.2 Å². The van der Waals surface area contributed by atoms with Crippen LogP contribution in [0.15, 0.2) is 42.6 Å². The lowest BCUT2D eigenvalue weighted by molar-refractivity contribution is 0.251. The van der Waals surface area contributed by atoms with Gasteiger partial charge in [-0.25, -0.2) is 4.98 Å². The summed E-state index contributed by atoms with van der Waals surface area (Å²) in [6.45, 7) is 4.50. The smallest absolute Gasteiger partial charge is 0.227 e. The van der Waals surface area contributed by atoms with E-state index in [9.17, 15) is 0 Å². The molecule has 2 fully saturated rings. The molecule has 0 unspecified atom stereocenters. The van der Waals surface area contributed by atoms with E-state index in [0.29, 0.717) is 11.9 Å². The second kappa shape index (κ2) is 6.77. The maximum atomic E-state index is 5.80. The SMILES string of the molecule is Nc1ccnc(N2C[C@@H]3CCN(CCCc4ccccc4)[C@@H]3C2)n1. The molecule has 2 aromatic rings.